The second-order valence-corrected chi connectivity index (χ2v) is 10.1. The summed E-state index contributed by atoms with van der Waals surface area (Å²) in [5.41, 5.74) is 1.30. The largest absolute Gasteiger partial charge is 0.490 e. The van der Waals surface area contributed by atoms with Crippen LogP contribution in [0.5, 0.6) is 11.5 Å². The maximum absolute atomic E-state index is 13.0. The summed E-state index contributed by atoms with van der Waals surface area (Å²) in [4.78, 5) is 15.2. The lowest BCUT2D eigenvalue weighted by Gasteiger charge is -2.32. The van der Waals surface area contributed by atoms with E-state index in [4.69, 9.17) is 9.47 Å². The Balaban J connectivity index is 1.39. The molecule has 1 N–H and O–H groups in total. The number of carbonyl (C=O) groups excluding carboxylic acids is 1. The Morgan fingerprint density at radius 3 is 2.41 bits per heavy atom. The number of carbonyl (C=O) groups is 1. The molecule has 1 saturated heterocycles. The number of amidine groups is 1. The molecule has 8 nitrogen and oxygen atoms in total. The van der Waals surface area contributed by atoms with Gasteiger partial charge >= 0.3 is 0 Å². The molecule has 2 aliphatic rings. The number of benzene rings is 2. The molecule has 0 aromatic heterocycles. The van der Waals surface area contributed by atoms with E-state index >= 15 is 0 Å². The predicted molar refractivity (Wildman–Crippen MR) is 131 cm³/mol. The van der Waals surface area contributed by atoms with E-state index in [9.17, 15) is 13.2 Å². The van der Waals surface area contributed by atoms with Gasteiger partial charge in [0.2, 0.25) is 5.91 Å². The SMILES string of the molecule is CCCOc1ccc(NC(=O)C2CCN(C3=NS(=O)(=O)c4ccccc43)CC2)cc1OCCC. The van der Waals surface area contributed by atoms with Gasteiger partial charge in [-0.3, -0.25) is 4.79 Å². The van der Waals surface area contributed by atoms with Gasteiger partial charge < -0.3 is 19.7 Å². The Bertz CT molecular complexity index is 1170. The van der Waals surface area contributed by atoms with Gasteiger partial charge in [0.25, 0.3) is 10.0 Å². The maximum atomic E-state index is 13.0. The second kappa shape index (κ2) is 10.5. The third-order valence-corrected chi connectivity index (χ3v) is 7.24. The summed E-state index contributed by atoms with van der Waals surface area (Å²) < 4.78 is 40.3. The van der Waals surface area contributed by atoms with Crippen LogP contribution in [0, 0.1) is 5.92 Å². The van der Waals surface area contributed by atoms with Crippen LogP contribution in [-0.2, 0) is 14.8 Å². The number of amides is 1. The van der Waals surface area contributed by atoms with Crippen molar-refractivity contribution in [2.75, 3.05) is 31.6 Å². The number of nitrogens with zero attached hydrogens (tertiary/aromatic N) is 2. The zero-order valence-electron chi connectivity index (χ0n) is 19.6. The first kappa shape index (κ1) is 24.1. The Hall–Kier alpha value is -3.07. The molecule has 4 rings (SSSR count). The summed E-state index contributed by atoms with van der Waals surface area (Å²) in [5.74, 6) is 1.57. The highest BCUT2D eigenvalue weighted by molar-refractivity contribution is 7.90. The number of fused-ring (bicyclic) bond motifs is 1. The van der Waals surface area contributed by atoms with Crippen molar-refractivity contribution >= 4 is 27.5 Å². The average Bonchev–Trinajstić information content (AvgIpc) is 3.13. The van der Waals surface area contributed by atoms with E-state index in [0.29, 0.717) is 67.7 Å². The molecule has 34 heavy (non-hydrogen) atoms. The highest BCUT2D eigenvalue weighted by Gasteiger charge is 2.34. The summed E-state index contributed by atoms with van der Waals surface area (Å²) >= 11 is 0. The molecule has 0 unspecified atom stereocenters. The summed E-state index contributed by atoms with van der Waals surface area (Å²) in [7, 11) is -3.65. The number of hydrogen-bond donors (Lipinski definition) is 1. The fraction of sp³-hybridized carbons (Fsp3) is 0.440. The van der Waals surface area contributed by atoms with Gasteiger partial charge in [0.05, 0.1) is 13.2 Å². The van der Waals surface area contributed by atoms with Crippen LogP contribution in [0.15, 0.2) is 51.8 Å². The van der Waals surface area contributed by atoms with Crippen LogP contribution in [0.1, 0.15) is 45.1 Å². The van der Waals surface area contributed by atoms with Crippen molar-refractivity contribution in [3.8, 4) is 11.5 Å². The van der Waals surface area contributed by atoms with Crippen LogP contribution in [0.4, 0.5) is 5.69 Å². The van der Waals surface area contributed by atoms with E-state index in [1.807, 2.05) is 43.0 Å². The van der Waals surface area contributed by atoms with Gasteiger partial charge in [-0.25, -0.2) is 0 Å². The fourth-order valence-corrected chi connectivity index (χ4v) is 5.38. The normalized spacial score (nSPS) is 17.1. The van der Waals surface area contributed by atoms with Gasteiger partial charge in [-0.2, -0.15) is 8.42 Å². The number of ether oxygens (including phenoxy) is 2. The lowest BCUT2D eigenvalue weighted by molar-refractivity contribution is -0.120. The van der Waals surface area contributed by atoms with Crippen molar-refractivity contribution in [2.45, 2.75) is 44.4 Å². The summed E-state index contributed by atoms with van der Waals surface area (Å²) in [6.45, 7) is 6.38. The molecule has 0 bridgehead atoms. The predicted octanol–water partition coefficient (Wildman–Crippen LogP) is 4.06. The lowest BCUT2D eigenvalue weighted by Crippen LogP contribution is -2.41. The Labute approximate surface area is 201 Å². The molecular weight excluding hydrogens is 454 g/mol. The van der Waals surface area contributed by atoms with Crippen LogP contribution in [0.3, 0.4) is 0 Å². The number of hydrogen-bond acceptors (Lipinski definition) is 6. The molecule has 2 aromatic rings. The van der Waals surface area contributed by atoms with Crippen LogP contribution < -0.4 is 14.8 Å². The molecule has 2 aromatic carbocycles. The minimum atomic E-state index is -3.65. The van der Waals surface area contributed by atoms with Crippen molar-refractivity contribution in [3.05, 3.63) is 48.0 Å². The van der Waals surface area contributed by atoms with E-state index < -0.39 is 10.0 Å². The monoisotopic (exact) mass is 485 g/mol. The van der Waals surface area contributed by atoms with Crippen molar-refractivity contribution in [1.82, 2.24) is 4.90 Å². The van der Waals surface area contributed by atoms with E-state index in [2.05, 4.69) is 9.71 Å². The van der Waals surface area contributed by atoms with Crippen LogP contribution in [-0.4, -0.2) is 51.4 Å². The zero-order valence-corrected chi connectivity index (χ0v) is 20.4. The molecule has 0 saturated carbocycles. The Kier molecular flexibility index (Phi) is 7.41. The average molecular weight is 486 g/mol. The first-order chi connectivity index (χ1) is 16.4. The molecule has 1 fully saturated rings. The molecular formula is C25H31N3O5S. The summed E-state index contributed by atoms with van der Waals surface area (Å²) in [5, 5.41) is 3.01. The van der Waals surface area contributed by atoms with Crippen LogP contribution in [0.25, 0.3) is 0 Å². The van der Waals surface area contributed by atoms with E-state index in [1.165, 1.54) is 0 Å². The number of likely N-dealkylation sites (tertiary alicyclic amines) is 1. The van der Waals surface area contributed by atoms with E-state index in [0.717, 1.165) is 12.8 Å². The van der Waals surface area contributed by atoms with Gasteiger partial charge in [0.1, 0.15) is 4.90 Å². The van der Waals surface area contributed by atoms with E-state index in [1.54, 1.807) is 18.2 Å². The van der Waals surface area contributed by atoms with Gasteiger partial charge in [-0.15, -0.1) is 4.40 Å². The van der Waals surface area contributed by atoms with E-state index in [-0.39, 0.29) is 16.7 Å². The van der Waals surface area contributed by atoms with Gasteiger partial charge in [-0.05, 0) is 49.9 Å². The molecule has 1 amide bonds. The number of piperidine rings is 1. The highest BCUT2D eigenvalue weighted by Crippen LogP contribution is 2.32. The topological polar surface area (TPSA) is 97.3 Å². The quantitative estimate of drug-likeness (QED) is 0.606. The number of nitrogens with one attached hydrogen (secondary N) is 1. The van der Waals surface area contributed by atoms with Crippen molar-refractivity contribution in [3.63, 3.8) is 0 Å². The minimum Gasteiger partial charge on any atom is -0.490 e. The second-order valence-electron chi connectivity index (χ2n) is 8.50. The number of sulfonamides is 1. The molecule has 182 valence electrons. The van der Waals surface area contributed by atoms with Gasteiger partial charge in [-0.1, -0.05) is 26.0 Å². The lowest BCUT2D eigenvalue weighted by atomic mass is 9.95. The first-order valence-corrected chi connectivity index (χ1v) is 13.3. The third-order valence-electron chi connectivity index (χ3n) is 5.91. The fourth-order valence-electron chi connectivity index (χ4n) is 4.16. The molecule has 0 atom stereocenters. The molecule has 2 aliphatic heterocycles. The standard InChI is InChI=1S/C25H31N3O5S/c1-3-15-32-21-10-9-19(17-22(21)33-16-4-2)26-25(29)18-11-13-28(14-12-18)24-20-7-5-6-8-23(20)34(30,31)27-24/h5-10,17-18H,3-4,11-16H2,1-2H3,(H,26,29). The first-order valence-electron chi connectivity index (χ1n) is 11.8. The van der Waals surface area contributed by atoms with Crippen molar-refractivity contribution in [1.29, 1.82) is 0 Å². The Morgan fingerprint density at radius 1 is 1.03 bits per heavy atom. The third kappa shape index (κ3) is 5.19. The van der Waals surface area contributed by atoms with Crippen LogP contribution in [0.2, 0.25) is 0 Å². The molecule has 2 heterocycles. The minimum absolute atomic E-state index is 0.0512. The summed E-state index contributed by atoms with van der Waals surface area (Å²) in [6, 6.07) is 12.3. The molecule has 0 aliphatic carbocycles. The number of rotatable bonds is 8. The van der Waals surface area contributed by atoms with Crippen LogP contribution >= 0.6 is 0 Å². The number of anilines is 1. The summed E-state index contributed by atoms with van der Waals surface area (Å²) in [6.07, 6.45) is 3.00. The molecule has 0 radical (unpaired) electrons. The maximum Gasteiger partial charge on any atom is 0.285 e. The van der Waals surface area contributed by atoms with Crippen molar-refractivity contribution < 1.29 is 22.7 Å². The molecule has 0 spiro atoms. The van der Waals surface area contributed by atoms with Gasteiger partial charge in [0, 0.05) is 36.3 Å². The molecule has 9 heteroatoms. The van der Waals surface area contributed by atoms with Crippen molar-refractivity contribution in [2.24, 2.45) is 10.3 Å². The highest BCUT2D eigenvalue weighted by atomic mass is 32.2. The van der Waals surface area contributed by atoms with Gasteiger partial charge in [0.15, 0.2) is 17.3 Å². The Morgan fingerprint density at radius 2 is 1.71 bits per heavy atom. The zero-order chi connectivity index (χ0) is 24.1. The smallest absolute Gasteiger partial charge is 0.285 e.